The van der Waals surface area contributed by atoms with Crippen molar-refractivity contribution >= 4 is 0 Å². The number of rotatable bonds is 2. The minimum Gasteiger partial charge on any atom is -0.388 e. The van der Waals surface area contributed by atoms with Gasteiger partial charge >= 0.3 is 6.18 Å². The van der Waals surface area contributed by atoms with Crippen molar-refractivity contribution in [3.63, 3.8) is 0 Å². The molecule has 21 heavy (non-hydrogen) atoms. The molecule has 1 aromatic rings. The molecule has 1 aromatic carbocycles. The maximum atomic E-state index is 13.3. The minimum atomic E-state index is -4.45. The molecule has 1 aliphatic rings. The maximum absolute atomic E-state index is 13.3. The number of alkyl halides is 3. The maximum Gasteiger partial charge on any atom is 0.416 e. The van der Waals surface area contributed by atoms with Crippen molar-refractivity contribution in [2.45, 2.75) is 32.5 Å². The zero-order valence-corrected chi connectivity index (χ0v) is 11.7. The van der Waals surface area contributed by atoms with E-state index in [0.717, 1.165) is 12.1 Å². The first-order valence-electron chi connectivity index (χ1n) is 6.59. The first kappa shape index (κ1) is 15.8. The van der Waals surface area contributed by atoms with Crippen molar-refractivity contribution in [2.24, 2.45) is 5.92 Å². The van der Waals surface area contributed by atoms with E-state index in [0.29, 0.717) is 17.6 Å². The molecule has 5 heteroatoms. The van der Waals surface area contributed by atoms with E-state index in [1.807, 2.05) is 0 Å². The van der Waals surface area contributed by atoms with Crippen LogP contribution in [0.2, 0.25) is 0 Å². The molecule has 0 amide bonds. The Kier molecular flexibility index (Phi) is 4.23. The van der Waals surface area contributed by atoms with E-state index in [1.165, 1.54) is 18.2 Å². The van der Waals surface area contributed by atoms with Crippen molar-refractivity contribution in [3.05, 3.63) is 58.4 Å². The lowest BCUT2D eigenvalue weighted by Crippen LogP contribution is -2.15. The van der Waals surface area contributed by atoms with E-state index >= 15 is 0 Å². The normalized spacial score (nSPS) is 20.8. The second-order valence-electron chi connectivity index (χ2n) is 5.43. The summed E-state index contributed by atoms with van der Waals surface area (Å²) in [6.45, 7) is 3.16. The van der Waals surface area contributed by atoms with E-state index in [9.17, 15) is 22.7 Å². The van der Waals surface area contributed by atoms with Crippen LogP contribution in [0.4, 0.5) is 17.6 Å². The van der Waals surface area contributed by atoms with Crippen molar-refractivity contribution in [2.75, 3.05) is 0 Å². The lowest BCUT2D eigenvalue weighted by molar-refractivity contribution is -0.137. The van der Waals surface area contributed by atoms with Crippen molar-refractivity contribution in [3.8, 4) is 0 Å². The third-order valence-corrected chi connectivity index (χ3v) is 3.61. The Morgan fingerprint density at radius 1 is 1.19 bits per heavy atom. The SMILES string of the molecule is CC1=C(F)C=CC(C(O)c2cc(C)cc(C(F)(F)F)c2)C1. The van der Waals surface area contributed by atoms with E-state index in [1.54, 1.807) is 13.8 Å². The molecule has 2 rings (SSSR count). The van der Waals surface area contributed by atoms with Gasteiger partial charge in [-0.2, -0.15) is 13.2 Å². The van der Waals surface area contributed by atoms with Gasteiger partial charge in [0.2, 0.25) is 0 Å². The molecule has 2 atom stereocenters. The second-order valence-corrected chi connectivity index (χ2v) is 5.43. The summed E-state index contributed by atoms with van der Waals surface area (Å²) in [6, 6.07) is 3.52. The fourth-order valence-corrected chi connectivity index (χ4v) is 2.48. The van der Waals surface area contributed by atoms with Crippen LogP contribution in [-0.2, 0) is 6.18 Å². The number of halogens is 4. The first-order valence-corrected chi connectivity index (χ1v) is 6.59. The highest BCUT2D eigenvalue weighted by Gasteiger charge is 2.32. The first-order chi connectivity index (χ1) is 9.68. The molecule has 1 aliphatic carbocycles. The average Bonchev–Trinajstić information content (AvgIpc) is 2.39. The van der Waals surface area contributed by atoms with Crippen LogP contribution in [0.25, 0.3) is 0 Å². The van der Waals surface area contributed by atoms with Crippen molar-refractivity contribution < 1.29 is 22.7 Å². The van der Waals surface area contributed by atoms with Crippen LogP contribution in [-0.4, -0.2) is 5.11 Å². The van der Waals surface area contributed by atoms with E-state index in [4.69, 9.17) is 0 Å². The van der Waals surface area contributed by atoms with Gasteiger partial charge in [0.1, 0.15) is 5.83 Å². The Balaban J connectivity index is 2.30. The van der Waals surface area contributed by atoms with Gasteiger partial charge < -0.3 is 5.11 Å². The van der Waals surface area contributed by atoms with Gasteiger partial charge in [-0.15, -0.1) is 0 Å². The van der Waals surface area contributed by atoms with Crippen LogP contribution in [0.5, 0.6) is 0 Å². The quantitative estimate of drug-likeness (QED) is 0.773. The molecule has 2 unspecified atom stereocenters. The molecule has 0 spiro atoms. The Morgan fingerprint density at radius 2 is 1.86 bits per heavy atom. The van der Waals surface area contributed by atoms with Gasteiger partial charge in [0, 0.05) is 5.92 Å². The number of hydrogen-bond acceptors (Lipinski definition) is 1. The molecule has 114 valence electrons. The fourth-order valence-electron chi connectivity index (χ4n) is 2.48. The number of hydrogen-bond donors (Lipinski definition) is 1. The number of aryl methyl sites for hydroxylation is 1. The third-order valence-electron chi connectivity index (χ3n) is 3.61. The number of allylic oxidation sites excluding steroid dienone is 3. The number of aliphatic hydroxyl groups excluding tert-OH is 1. The van der Waals surface area contributed by atoms with Crippen LogP contribution in [0.3, 0.4) is 0 Å². The molecule has 0 radical (unpaired) electrons. The van der Waals surface area contributed by atoms with Crippen LogP contribution in [0.1, 0.15) is 36.1 Å². The Bertz CT molecular complexity index is 599. The fraction of sp³-hybridized carbons (Fsp3) is 0.375. The summed E-state index contributed by atoms with van der Waals surface area (Å²) in [7, 11) is 0. The van der Waals surface area contributed by atoms with Gasteiger partial charge in [0.15, 0.2) is 0 Å². The molecule has 1 nitrogen and oxygen atoms in total. The largest absolute Gasteiger partial charge is 0.416 e. The van der Waals surface area contributed by atoms with Gasteiger partial charge in [-0.25, -0.2) is 4.39 Å². The third kappa shape index (κ3) is 3.53. The molecule has 0 heterocycles. The smallest absolute Gasteiger partial charge is 0.388 e. The second kappa shape index (κ2) is 5.64. The van der Waals surface area contributed by atoms with Crippen molar-refractivity contribution in [1.29, 1.82) is 0 Å². The molecular weight excluding hydrogens is 284 g/mol. The molecule has 0 aromatic heterocycles. The van der Waals surface area contributed by atoms with E-state index in [-0.39, 0.29) is 11.4 Å². The van der Waals surface area contributed by atoms with Crippen LogP contribution in [0, 0.1) is 12.8 Å². The lowest BCUT2D eigenvalue weighted by atomic mass is 9.86. The molecule has 1 N–H and O–H groups in total. The molecule has 0 saturated heterocycles. The Hall–Kier alpha value is -1.62. The highest BCUT2D eigenvalue weighted by Crippen LogP contribution is 2.36. The topological polar surface area (TPSA) is 20.2 Å². The van der Waals surface area contributed by atoms with Gasteiger partial charge in [-0.3, -0.25) is 0 Å². The van der Waals surface area contributed by atoms with Crippen molar-refractivity contribution in [1.82, 2.24) is 0 Å². The highest BCUT2D eigenvalue weighted by atomic mass is 19.4. The van der Waals surface area contributed by atoms with Crippen LogP contribution >= 0.6 is 0 Å². The van der Waals surface area contributed by atoms with E-state index < -0.39 is 23.8 Å². The monoisotopic (exact) mass is 300 g/mol. The summed E-state index contributed by atoms with van der Waals surface area (Å²) in [5.74, 6) is -0.772. The zero-order chi connectivity index (χ0) is 15.8. The summed E-state index contributed by atoms with van der Waals surface area (Å²) in [5.41, 5.74) is 0.337. The minimum absolute atomic E-state index is 0.201. The Labute approximate surface area is 120 Å². The van der Waals surface area contributed by atoms with Crippen LogP contribution < -0.4 is 0 Å². The standard InChI is InChI=1S/C16H16F4O/c1-9-5-12(8-13(6-9)16(18,19)20)15(21)11-3-4-14(17)10(2)7-11/h3-6,8,11,15,21H,7H2,1-2H3. The van der Waals surface area contributed by atoms with Gasteiger partial charge in [-0.1, -0.05) is 17.7 Å². The van der Waals surface area contributed by atoms with Gasteiger partial charge in [0.05, 0.1) is 11.7 Å². The number of benzene rings is 1. The zero-order valence-electron chi connectivity index (χ0n) is 11.7. The lowest BCUT2D eigenvalue weighted by Gasteiger charge is -2.24. The molecule has 0 fully saturated rings. The predicted octanol–water partition coefficient (Wildman–Crippen LogP) is 4.87. The average molecular weight is 300 g/mol. The van der Waals surface area contributed by atoms with Gasteiger partial charge in [0.25, 0.3) is 0 Å². The predicted molar refractivity (Wildman–Crippen MR) is 72.2 cm³/mol. The summed E-state index contributed by atoms with van der Waals surface area (Å²) in [4.78, 5) is 0. The number of aliphatic hydroxyl groups is 1. The molecule has 0 saturated carbocycles. The molecular formula is C16H16F4O. The Morgan fingerprint density at radius 3 is 2.43 bits per heavy atom. The molecule has 0 bridgehead atoms. The van der Waals surface area contributed by atoms with Gasteiger partial charge in [-0.05, 0) is 49.6 Å². The summed E-state index contributed by atoms with van der Waals surface area (Å²) < 4.78 is 51.7. The highest BCUT2D eigenvalue weighted by molar-refractivity contribution is 5.34. The van der Waals surface area contributed by atoms with E-state index in [2.05, 4.69) is 0 Å². The van der Waals surface area contributed by atoms with Crippen LogP contribution in [0.15, 0.2) is 41.8 Å². The summed E-state index contributed by atoms with van der Waals surface area (Å²) in [6.07, 6.45) is -2.50. The summed E-state index contributed by atoms with van der Waals surface area (Å²) in [5, 5.41) is 10.3. The molecule has 0 aliphatic heterocycles. The summed E-state index contributed by atoms with van der Waals surface area (Å²) >= 11 is 0.